The molecule has 5 rings (SSSR count). The van der Waals surface area contributed by atoms with Gasteiger partial charge in [0.2, 0.25) is 0 Å². The molecule has 1 saturated heterocycles. The first-order valence-electron chi connectivity index (χ1n) is 16.3. The maximum absolute atomic E-state index is 14.0. The third-order valence-electron chi connectivity index (χ3n) is 13.1. The fraction of sp³-hybridized carbons (Fsp3) is 0.829. The molecule has 1 heterocycles. The summed E-state index contributed by atoms with van der Waals surface area (Å²) in [6.45, 7) is 15.5. The van der Waals surface area contributed by atoms with Gasteiger partial charge in [-0.05, 0) is 99.7 Å². The Balaban J connectivity index is 1.46. The van der Waals surface area contributed by atoms with Crippen LogP contribution in [-0.4, -0.2) is 58.3 Å². The third-order valence-corrected chi connectivity index (χ3v) is 13.1. The van der Waals surface area contributed by atoms with E-state index in [1.54, 1.807) is 11.1 Å². The predicted molar refractivity (Wildman–Crippen MR) is 160 cm³/mol. The Kier molecular flexibility index (Phi) is 8.44. The van der Waals surface area contributed by atoms with E-state index < -0.39 is 36.5 Å². The fourth-order valence-corrected chi connectivity index (χ4v) is 10.3. The van der Waals surface area contributed by atoms with Crippen LogP contribution in [0, 0.1) is 39.4 Å². The monoisotopic (exact) mass is 586 g/mol. The van der Waals surface area contributed by atoms with Crippen molar-refractivity contribution >= 4 is 11.8 Å². The van der Waals surface area contributed by atoms with Crippen molar-refractivity contribution in [3.8, 4) is 0 Å². The Hall–Kier alpha value is -1.54. The number of hydrogen-bond donors (Lipinski definition) is 3. The molecule has 7 nitrogen and oxygen atoms in total. The summed E-state index contributed by atoms with van der Waals surface area (Å²) in [4.78, 5) is 26.9. The Bertz CT molecular complexity index is 1150. The van der Waals surface area contributed by atoms with E-state index in [1.807, 2.05) is 0 Å². The highest BCUT2D eigenvalue weighted by atomic mass is 16.7. The first kappa shape index (κ1) is 31.9. The van der Waals surface area contributed by atoms with Gasteiger partial charge in [0.1, 0.15) is 18.0 Å². The molecule has 10 atom stereocenters. The summed E-state index contributed by atoms with van der Waals surface area (Å²) in [5.74, 6) is 0.0504. The molecular weight excluding hydrogens is 532 g/mol. The predicted octanol–water partition coefficient (Wildman–Crippen LogP) is 5.65. The number of aliphatic hydroxyl groups excluding tert-OH is 3. The number of esters is 1. The number of rotatable bonds is 6. The highest BCUT2D eigenvalue weighted by Gasteiger charge is 2.64. The maximum atomic E-state index is 14.0. The quantitative estimate of drug-likeness (QED) is 0.272. The number of hydrogen-bond acceptors (Lipinski definition) is 7. The van der Waals surface area contributed by atoms with E-state index in [0.29, 0.717) is 24.5 Å². The van der Waals surface area contributed by atoms with Crippen LogP contribution in [0.2, 0.25) is 0 Å². The molecule has 236 valence electrons. The van der Waals surface area contributed by atoms with Gasteiger partial charge >= 0.3 is 5.97 Å². The van der Waals surface area contributed by atoms with Crippen molar-refractivity contribution in [2.45, 2.75) is 137 Å². The molecular formula is C35H54O7. The number of fused-ring (bicyclic) bond motifs is 4. The van der Waals surface area contributed by atoms with Gasteiger partial charge in [0.25, 0.3) is 0 Å². The van der Waals surface area contributed by atoms with E-state index in [1.165, 1.54) is 5.57 Å². The van der Waals surface area contributed by atoms with Gasteiger partial charge in [0, 0.05) is 11.8 Å². The number of carbonyl (C=O) groups is 2. The SMILES string of the molecule is CC(C)=CCC[C@@H](C(=O)O[C@@H]1[C@@H](O)[C@H](O)CO[C@H]1O)[C@H]1CC[C@@]2(C)C3=C(CC[C@]12C)[C@@]1(C)CCC(=O)C(C)(C)[C@@H]1CC3. The molecule has 2 saturated carbocycles. The lowest BCUT2D eigenvalue weighted by molar-refractivity contribution is -0.262. The summed E-state index contributed by atoms with van der Waals surface area (Å²) in [6, 6.07) is 0. The molecule has 0 unspecified atom stereocenters. The van der Waals surface area contributed by atoms with Crippen molar-refractivity contribution in [3.05, 3.63) is 22.8 Å². The lowest BCUT2D eigenvalue weighted by Gasteiger charge is -2.60. The smallest absolute Gasteiger partial charge is 0.309 e. The van der Waals surface area contributed by atoms with Crippen molar-refractivity contribution in [1.29, 1.82) is 0 Å². The molecule has 0 aromatic carbocycles. The molecule has 3 N–H and O–H groups in total. The van der Waals surface area contributed by atoms with Crippen LogP contribution in [0.15, 0.2) is 22.8 Å². The van der Waals surface area contributed by atoms with Crippen molar-refractivity contribution in [2.75, 3.05) is 6.61 Å². The number of ether oxygens (including phenoxy) is 2. The molecule has 42 heavy (non-hydrogen) atoms. The second kappa shape index (κ2) is 11.1. The van der Waals surface area contributed by atoms with Gasteiger partial charge in [0.15, 0.2) is 12.4 Å². The second-order valence-corrected chi connectivity index (χ2v) is 15.7. The molecule has 0 spiro atoms. The molecule has 0 radical (unpaired) electrons. The largest absolute Gasteiger partial charge is 0.454 e. The summed E-state index contributed by atoms with van der Waals surface area (Å²) >= 11 is 0. The Morgan fingerprint density at radius 2 is 1.71 bits per heavy atom. The second-order valence-electron chi connectivity index (χ2n) is 15.7. The minimum absolute atomic E-state index is 0.0386. The van der Waals surface area contributed by atoms with Crippen LogP contribution in [0.3, 0.4) is 0 Å². The summed E-state index contributed by atoms with van der Waals surface area (Å²) < 4.78 is 11.0. The highest BCUT2D eigenvalue weighted by Crippen LogP contribution is 2.72. The molecule has 7 heteroatoms. The van der Waals surface area contributed by atoms with E-state index in [-0.39, 0.29) is 34.2 Å². The average molecular weight is 587 g/mol. The normalized spacial score (nSPS) is 43.6. The van der Waals surface area contributed by atoms with Crippen LogP contribution in [-0.2, 0) is 19.1 Å². The Morgan fingerprint density at radius 1 is 1.00 bits per heavy atom. The summed E-state index contributed by atoms with van der Waals surface area (Å²) in [5.41, 5.74) is 3.99. The van der Waals surface area contributed by atoms with Crippen LogP contribution in [0.4, 0.5) is 0 Å². The first-order chi connectivity index (χ1) is 19.6. The van der Waals surface area contributed by atoms with Gasteiger partial charge in [0.05, 0.1) is 12.5 Å². The maximum Gasteiger partial charge on any atom is 0.309 e. The average Bonchev–Trinajstić information content (AvgIpc) is 3.20. The van der Waals surface area contributed by atoms with E-state index in [2.05, 4.69) is 54.5 Å². The zero-order valence-electron chi connectivity index (χ0n) is 26.9. The zero-order chi connectivity index (χ0) is 30.8. The minimum Gasteiger partial charge on any atom is -0.454 e. The number of ketones is 1. The van der Waals surface area contributed by atoms with Gasteiger partial charge < -0.3 is 24.8 Å². The standard InChI is InChI=1S/C35H54O7/c1-20(2)9-8-10-21(30(39)42-29-28(38)25(36)19-41-31(29)40)22-13-17-35(7)24-11-12-26-32(3,4)27(37)15-16-33(26,5)23(24)14-18-34(22,35)6/h9,21-22,25-26,28-29,31,36,38,40H,8,10-19H2,1-7H3/t21-,22-,25-,26+,28+,29-,31-,33-,34-,35+/m1/s1. The van der Waals surface area contributed by atoms with Crippen LogP contribution >= 0.6 is 0 Å². The van der Waals surface area contributed by atoms with Crippen molar-refractivity contribution in [1.82, 2.24) is 0 Å². The zero-order valence-corrected chi connectivity index (χ0v) is 26.9. The van der Waals surface area contributed by atoms with Gasteiger partial charge in [-0.25, -0.2) is 0 Å². The van der Waals surface area contributed by atoms with Crippen molar-refractivity contribution in [3.63, 3.8) is 0 Å². The highest BCUT2D eigenvalue weighted by molar-refractivity contribution is 5.85. The molecule has 3 fully saturated rings. The van der Waals surface area contributed by atoms with Crippen LogP contribution in [0.1, 0.15) is 113 Å². The molecule has 0 aromatic heterocycles. The molecule has 4 aliphatic carbocycles. The topological polar surface area (TPSA) is 113 Å². The fourth-order valence-electron chi connectivity index (χ4n) is 10.3. The number of allylic oxidation sites excluding steroid dienone is 4. The van der Waals surface area contributed by atoms with Crippen molar-refractivity contribution in [2.24, 2.45) is 39.4 Å². The molecule has 5 aliphatic rings. The minimum atomic E-state index is -1.47. The number of Topliss-reactive ketones (excluding diaryl/α,β-unsaturated/α-hetero) is 1. The van der Waals surface area contributed by atoms with E-state index in [9.17, 15) is 24.9 Å². The summed E-state index contributed by atoms with van der Waals surface area (Å²) in [6.07, 6.45) is 5.70. The van der Waals surface area contributed by atoms with Gasteiger partial charge in [-0.3, -0.25) is 9.59 Å². The van der Waals surface area contributed by atoms with Gasteiger partial charge in [-0.2, -0.15) is 0 Å². The third kappa shape index (κ3) is 4.85. The Labute approximate surface area is 252 Å². The lowest BCUT2D eigenvalue weighted by Crippen LogP contribution is -2.56. The lowest BCUT2D eigenvalue weighted by atomic mass is 9.43. The van der Waals surface area contributed by atoms with Crippen molar-refractivity contribution < 1.29 is 34.4 Å². The molecule has 0 aromatic rings. The summed E-state index contributed by atoms with van der Waals surface area (Å²) in [7, 11) is 0. The van der Waals surface area contributed by atoms with Crippen LogP contribution in [0.25, 0.3) is 0 Å². The van der Waals surface area contributed by atoms with Crippen LogP contribution < -0.4 is 0 Å². The molecule has 0 bridgehead atoms. The van der Waals surface area contributed by atoms with E-state index in [4.69, 9.17) is 9.47 Å². The summed E-state index contributed by atoms with van der Waals surface area (Å²) in [5, 5.41) is 31.0. The van der Waals surface area contributed by atoms with Gasteiger partial charge in [-0.1, -0.05) is 57.4 Å². The molecule has 0 amide bonds. The number of aliphatic hydroxyl groups is 3. The number of carbonyl (C=O) groups excluding carboxylic acids is 2. The van der Waals surface area contributed by atoms with E-state index in [0.717, 1.165) is 51.4 Å². The first-order valence-corrected chi connectivity index (χ1v) is 16.3. The molecule has 1 aliphatic heterocycles. The van der Waals surface area contributed by atoms with E-state index >= 15 is 0 Å². The Morgan fingerprint density at radius 3 is 2.40 bits per heavy atom. The van der Waals surface area contributed by atoms with Crippen LogP contribution in [0.5, 0.6) is 0 Å². The van der Waals surface area contributed by atoms with Gasteiger partial charge in [-0.15, -0.1) is 0 Å².